The molecule has 0 bridgehead atoms. The fourth-order valence-corrected chi connectivity index (χ4v) is 1.39. The molecule has 0 spiro atoms. The monoisotopic (exact) mass is 334 g/mol. The maximum Gasteiger partial charge on any atom is 0.456 e. The molecule has 18 heavy (non-hydrogen) atoms. The van der Waals surface area contributed by atoms with Gasteiger partial charge in [-0.2, -0.15) is 22.0 Å². The Bertz CT molecular complexity index is 419. The lowest BCUT2D eigenvalue weighted by molar-refractivity contribution is -0.290. The van der Waals surface area contributed by atoms with E-state index in [0.29, 0.717) is 4.47 Å². The second-order valence-electron chi connectivity index (χ2n) is 3.29. The highest BCUT2D eigenvalue weighted by Crippen LogP contribution is 2.36. The third-order valence-electron chi connectivity index (χ3n) is 1.96. The summed E-state index contributed by atoms with van der Waals surface area (Å²) in [5, 5.41) is 0. The minimum absolute atomic E-state index is 0.140. The molecule has 0 aliphatic carbocycles. The molecule has 0 saturated carbocycles. The molecule has 0 aliphatic rings. The van der Waals surface area contributed by atoms with Crippen molar-refractivity contribution in [2.24, 2.45) is 0 Å². The van der Waals surface area contributed by atoms with Gasteiger partial charge in [0.05, 0.1) is 11.6 Å². The van der Waals surface area contributed by atoms with Crippen LogP contribution in [0.4, 0.5) is 22.0 Å². The summed E-state index contributed by atoms with van der Waals surface area (Å²) >= 11 is 3.10. The third kappa shape index (κ3) is 3.47. The first kappa shape index (κ1) is 15.0. The van der Waals surface area contributed by atoms with Crippen molar-refractivity contribution >= 4 is 15.9 Å². The summed E-state index contributed by atoms with van der Waals surface area (Å²) < 4.78 is 70.6. The number of rotatable bonds is 4. The van der Waals surface area contributed by atoms with E-state index in [4.69, 9.17) is 4.74 Å². The molecule has 0 amide bonds. The molecule has 0 N–H and O–H groups in total. The fraction of sp³-hybridized carbons (Fsp3) is 0.400. The Morgan fingerprint density at radius 1 is 1.17 bits per heavy atom. The summed E-state index contributed by atoms with van der Waals surface area (Å²) in [5.41, 5.74) is 0. The number of methoxy groups -OCH3 is 1. The van der Waals surface area contributed by atoms with E-state index in [2.05, 4.69) is 20.7 Å². The Kier molecular flexibility index (Phi) is 4.41. The van der Waals surface area contributed by atoms with Gasteiger partial charge in [0.15, 0.2) is 6.61 Å². The van der Waals surface area contributed by atoms with Crippen LogP contribution in [-0.4, -0.2) is 25.8 Å². The van der Waals surface area contributed by atoms with Gasteiger partial charge in [-0.05, 0) is 28.1 Å². The van der Waals surface area contributed by atoms with Crippen LogP contribution in [0.25, 0.3) is 0 Å². The number of halogens is 6. The van der Waals surface area contributed by atoms with Crippen LogP contribution in [0.5, 0.6) is 11.5 Å². The predicted octanol–water partition coefficient (Wildman–Crippen LogP) is 4.03. The van der Waals surface area contributed by atoms with Gasteiger partial charge < -0.3 is 9.47 Å². The number of alkyl halides is 5. The highest BCUT2D eigenvalue weighted by Gasteiger charge is 2.58. The lowest BCUT2D eigenvalue weighted by Gasteiger charge is -2.20. The van der Waals surface area contributed by atoms with Crippen molar-refractivity contribution in [2.75, 3.05) is 13.7 Å². The van der Waals surface area contributed by atoms with E-state index >= 15 is 0 Å². The highest BCUT2D eigenvalue weighted by molar-refractivity contribution is 9.10. The number of benzene rings is 1. The van der Waals surface area contributed by atoms with Crippen molar-refractivity contribution in [1.82, 2.24) is 0 Å². The SMILES string of the molecule is COc1cc(OCC(F)(F)C(F)(F)F)ccc1Br. The second kappa shape index (κ2) is 5.29. The molecule has 2 nitrogen and oxygen atoms in total. The van der Waals surface area contributed by atoms with Crippen molar-refractivity contribution in [1.29, 1.82) is 0 Å². The molecule has 0 aliphatic heterocycles. The van der Waals surface area contributed by atoms with E-state index in [1.165, 1.54) is 25.3 Å². The quantitative estimate of drug-likeness (QED) is 0.774. The van der Waals surface area contributed by atoms with E-state index in [1.807, 2.05) is 0 Å². The Morgan fingerprint density at radius 2 is 1.78 bits per heavy atom. The Labute approximate surface area is 108 Å². The molecule has 0 radical (unpaired) electrons. The molecule has 0 heterocycles. The summed E-state index contributed by atoms with van der Waals surface area (Å²) in [6.45, 7) is -1.78. The minimum atomic E-state index is -5.63. The molecule has 0 fully saturated rings. The first-order valence-corrected chi connectivity index (χ1v) is 5.37. The van der Waals surface area contributed by atoms with Crippen LogP contribution < -0.4 is 9.47 Å². The molecule has 0 atom stereocenters. The largest absolute Gasteiger partial charge is 0.495 e. The van der Waals surface area contributed by atoms with Gasteiger partial charge in [-0.15, -0.1) is 0 Å². The maximum atomic E-state index is 12.6. The van der Waals surface area contributed by atoms with Crippen molar-refractivity contribution in [3.8, 4) is 11.5 Å². The third-order valence-corrected chi connectivity index (χ3v) is 2.61. The first-order chi connectivity index (χ1) is 8.17. The van der Waals surface area contributed by atoms with Gasteiger partial charge in [0.2, 0.25) is 0 Å². The van der Waals surface area contributed by atoms with Crippen LogP contribution in [0, 0.1) is 0 Å². The summed E-state index contributed by atoms with van der Waals surface area (Å²) in [4.78, 5) is 0. The molecule has 0 saturated heterocycles. The van der Waals surface area contributed by atoms with Gasteiger partial charge >= 0.3 is 12.1 Å². The molecule has 0 unspecified atom stereocenters. The minimum Gasteiger partial charge on any atom is -0.495 e. The molecular weight excluding hydrogens is 327 g/mol. The van der Waals surface area contributed by atoms with Crippen LogP contribution >= 0.6 is 15.9 Å². The molecule has 8 heteroatoms. The Balaban J connectivity index is 2.75. The average Bonchev–Trinajstić information content (AvgIpc) is 2.26. The Hall–Kier alpha value is -1.05. The topological polar surface area (TPSA) is 18.5 Å². The van der Waals surface area contributed by atoms with Crippen molar-refractivity contribution in [3.63, 3.8) is 0 Å². The van der Waals surface area contributed by atoms with Crippen LogP contribution in [0.15, 0.2) is 22.7 Å². The van der Waals surface area contributed by atoms with Crippen LogP contribution in [0.2, 0.25) is 0 Å². The van der Waals surface area contributed by atoms with Crippen molar-refractivity contribution in [3.05, 3.63) is 22.7 Å². The second-order valence-corrected chi connectivity index (χ2v) is 4.14. The van der Waals surface area contributed by atoms with E-state index in [-0.39, 0.29) is 11.5 Å². The zero-order chi connectivity index (χ0) is 14.0. The van der Waals surface area contributed by atoms with E-state index < -0.39 is 18.7 Å². The van der Waals surface area contributed by atoms with E-state index in [9.17, 15) is 22.0 Å². The number of hydrogen-bond donors (Lipinski definition) is 0. The van der Waals surface area contributed by atoms with E-state index in [0.717, 1.165) is 0 Å². The van der Waals surface area contributed by atoms with Gasteiger partial charge in [0.25, 0.3) is 0 Å². The van der Waals surface area contributed by atoms with Crippen molar-refractivity contribution in [2.45, 2.75) is 12.1 Å². The molecule has 1 aromatic carbocycles. The van der Waals surface area contributed by atoms with Crippen molar-refractivity contribution < 1.29 is 31.4 Å². The van der Waals surface area contributed by atoms with E-state index in [1.54, 1.807) is 0 Å². The normalized spacial score (nSPS) is 12.4. The highest BCUT2D eigenvalue weighted by atomic mass is 79.9. The zero-order valence-corrected chi connectivity index (χ0v) is 10.6. The van der Waals surface area contributed by atoms with Gasteiger partial charge in [0.1, 0.15) is 11.5 Å². The van der Waals surface area contributed by atoms with Gasteiger partial charge in [-0.3, -0.25) is 0 Å². The molecule has 1 rings (SSSR count). The van der Waals surface area contributed by atoms with Crippen LogP contribution in [0.1, 0.15) is 0 Å². The predicted molar refractivity (Wildman–Crippen MR) is 57.2 cm³/mol. The number of hydrogen-bond acceptors (Lipinski definition) is 2. The van der Waals surface area contributed by atoms with Gasteiger partial charge in [0, 0.05) is 6.07 Å². The van der Waals surface area contributed by atoms with Crippen LogP contribution in [-0.2, 0) is 0 Å². The summed E-state index contributed by atoms with van der Waals surface area (Å²) in [5.74, 6) is -4.77. The lowest BCUT2D eigenvalue weighted by Crippen LogP contribution is -2.41. The summed E-state index contributed by atoms with van der Waals surface area (Å²) in [6.07, 6.45) is -5.63. The molecular formula is C10H8BrF5O2. The molecule has 102 valence electrons. The lowest BCUT2D eigenvalue weighted by atomic mass is 10.3. The molecule has 0 aromatic heterocycles. The smallest absolute Gasteiger partial charge is 0.456 e. The van der Waals surface area contributed by atoms with Gasteiger partial charge in [-0.1, -0.05) is 0 Å². The fourth-order valence-electron chi connectivity index (χ4n) is 0.986. The number of ether oxygens (including phenoxy) is 2. The van der Waals surface area contributed by atoms with Crippen LogP contribution in [0.3, 0.4) is 0 Å². The average molecular weight is 335 g/mol. The molecule has 1 aromatic rings. The zero-order valence-electron chi connectivity index (χ0n) is 9.02. The maximum absolute atomic E-state index is 12.6. The summed E-state index contributed by atoms with van der Waals surface area (Å²) in [6, 6.07) is 3.87. The first-order valence-electron chi connectivity index (χ1n) is 4.58. The van der Waals surface area contributed by atoms with Gasteiger partial charge in [-0.25, -0.2) is 0 Å². The standard InChI is InChI=1S/C10H8BrF5O2/c1-17-8-4-6(2-3-7(8)11)18-5-9(12,13)10(14,15)16/h2-4H,5H2,1H3. The Morgan fingerprint density at radius 3 is 2.28 bits per heavy atom. The summed E-state index contributed by atoms with van der Waals surface area (Å²) in [7, 11) is 1.33.